The third-order valence-corrected chi connectivity index (χ3v) is 6.82. The molecule has 1 aromatic heterocycles. The topological polar surface area (TPSA) is 122 Å². The Morgan fingerprint density at radius 3 is 2.51 bits per heavy atom. The minimum Gasteiger partial charge on any atom is -0.490 e. The molecule has 4 aromatic rings. The van der Waals surface area contributed by atoms with E-state index in [9.17, 15) is 9.59 Å². The maximum Gasteiger partial charge on any atom is 0.341 e. The van der Waals surface area contributed by atoms with Crippen LogP contribution in [0.4, 0.5) is 10.8 Å². The standard InChI is InChI=1S/C27H22BrClN4O5S/c1-2-37-23-11-18(21(28)12-24(23)38-14-25(34)35)13-30-33-26(36)17-5-3-16(4-6-17)22-15-39-27(32-22)31-20-9-7-19(29)8-10-20/h3-13,15H,2,14H2,1H3,(H,31,32)(H,33,36)(H,34,35)/b30-13-. The van der Waals surface area contributed by atoms with E-state index >= 15 is 0 Å². The molecule has 3 aromatic carbocycles. The number of carboxylic acid groups (broad SMARTS) is 1. The van der Waals surface area contributed by atoms with E-state index in [4.69, 9.17) is 26.2 Å². The zero-order valence-corrected chi connectivity index (χ0v) is 23.6. The van der Waals surface area contributed by atoms with Crippen molar-refractivity contribution < 1.29 is 24.2 Å². The lowest BCUT2D eigenvalue weighted by Gasteiger charge is -2.12. The Morgan fingerprint density at radius 2 is 1.82 bits per heavy atom. The highest BCUT2D eigenvalue weighted by atomic mass is 79.9. The van der Waals surface area contributed by atoms with Crippen LogP contribution in [-0.4, -0.2) is 41.4 Å². The summed E-state index contributed by atoms with van der Waals surface area (Å²) >= 11 is 10.8. The maximum absolute atomic E-state index is 12.6. The quantitative estimate of drug-likeness (QED) is 0.126. The molecule has 0 aliphatic heterocycles. The predicted molar refractivity (Wildman–Crippen MR) is 156 cm³/mol. The number of ether oxygens (including phenoxy) is 2. The fraction of sp³-hybridized carbons (Fsp3) is 0.111. The highest BCUT2D eigenvalue weighted by Crippen LogP contribution is 2.33. The first-order valence-corrected chi connectivity index (χ1v) is 13.6. The van der Waals surface area contributed by atoms with Crippen LogP contribution < -0.4 is 20.2 Å². The molecule has 3 N–H and O–H groups in total. The van der Waals surface area contributed by atoms with Gasteiger partial charge in [0.05, 0.1) is 18.5 Å². The molecule has 0 spiro atoms. The second-order valence-corrected chi connectivity index (χ2v) is 10.0. The van der Waals surface area contributed by atoms with E-state index < -0.39 is 12.6 Å². The number of carbonyl (C=O) groups is 2. The minimum absolute atomic E-state index is 0.278. The van der Waals surface area contributed by atoms with Crippen LogP contribution in [0.3, 0.4) is 0 Å². The number of rotatable bonds is 11. The molecular weight excluding hydrogens is 608 g/mol. The molecule has 9 nitrogen and oxygen atoms in total. The molecule has 4 rings (SSSR count). The van der Waals surface area contributed by atoms with Gasteiger partial charge in [-0.3, -0.25) is 4.79 Å². The molecule has 0 fully saturated rings. The maximum atomic E-state index is 12.6. The molecule has 1 amide bonds. The molecule has 0 bridgehead atoms. The second-order valence-electron chi connectivity index (χ2n) is 7.88. The molecule has 12 heteroatoms. The first-order chi connectivity index (χ1) is 18.8. The summed E-state index contributed by atoms with van der Waals surface area (Å²) in [7, 11) is 0. The Hall–Kier alpha value is -3.93. The van der Waals surface area contributed by atoms with Gasteiger partial charge in [0, 0.05) is 37.3 Å². The van der Waals surface area contributed by atoms with Gasteiger partial charge in [0.2, 0.25) is 0 Å². The van der Waals surface area contributed by atoms with Crippen molar-refractivity contribution in [1.82, 2.24) is 10.4 Å². The van der Waals surface area contributed by atoms with Crippen molar-refractivity contribution in [2.45, 2.75) is 6.92 Å². The van der Waals surface area contributed by atoms with Gasteiger partial charge in [-0.2, -0.15) is 5.10 Å². The van der Waals surface area contributed by atoms with Gasteiger partial charge >= 0.3 is 5.97 Å². The summed E-state index contributed by atoms with van der Waals surface area (Å²) in [6.45, 7) is 1.65. The van der Waals surface area contributed by atoms with Crippen molar-refractivity contribution in [2.75, 3.05) is 18.5 Å². The van der Waals surface area contributed by atoms with Crippen molar-refractivity contribution in [3.63, 3.8) is 0 Å². The van der Waals surface area contributed by atoms with E-state index in [2.05, 4.69) is 36.8 Å². The number of halogens is 2. The zero-order chi connectivity index (χ0) is 27.8. The average Bonchev–Trinajstić information content (AvgIpc) is 3.39. The highest BCUT2D eigenvalue weighted by Gasteiger charge is 2.12. The average molecular weight is 630 g/mol. The van der Waals surface area contributed by atoms with Gasteiger partial charge in [-0.1, -0.05) is 23.7 Å². The summed E-state index contributed by atoms with van der Waals surface area (Å²) in [6, 6.07) is 17.6. The second kappa shape index (κ2) is 13.2. The number of benzene rings is 3. The van der Waals surface area contributed by atoms with Gasteiger partial charge in [0.1, 0.15) is 0 Å². The number of amides is 1. The summed E-state index contributed by atoms with van der Waals surface area (Å²) in [4.78, 5) is 28.0. The molecule has 39 heavy (non-hydrogen) atoms. The molecule has 0 aliphatic rings. The van der Waals surface area contributed by atoms with Gasteiger partial charge < -0.3 is 19.9 Å². The van der Waals surface area contributed by atoms with E-state index in [0.29, 0.717) is 33.0 Å². The first kappa shape index (κ1) is 28.1. The van der Waals surface area contributed by atoms with E-state index in [1.165, 1.54) is 17.6 Å². The number of carboxylic acids is 1. The van der Waals surface area contributed by atoms with Crippen LogP contribution in [0.5, 0.6) is 11.5 Å². The number of hydrazone groups is 1. The minimum atomic E-state index is -1.10. The Bertz CT molecular complexity index is 1490. The van der Waals surface area contributed by atoms with Crippen LogP contribution in [0.2, 0.25) is 5.02 Å². The summed E-state index contributed by atoms with van der Waals surface area (Å²) in [5.74, 6) is -0.847. The third kappa shape index (κ3) is 7.79. The highest BCUT2D eigenvalue weighted by molar-refractivity contribution is 9.10. The van der Waals surface area contributed by atoms with Crippen molar-refractivity contribution >= 4 is 67.8 Å². The van der Waals surface area contributed by atoms with Crippen LogP contribution in [0.15, 0.2) is 75.6 Å². The molecule has 0 aliphatic carbocycles. The lowest BCUT2D eigenvalue weighted by molar-refractivity contribution is -0.139. The Balaban J connectivity index is 1.38. The number of aromatic nitrogens is 1. The molecule has 0 radical (unpaired) electrons. The molecule has 1 heterocycles. The lowest BCUT2D eigenvalue weighted by atomic mass is 10.1. The molecule has 0 saturated heterocycles. The Labute approximate surface area is 241 Å². The van der Waals surface area contributed by atoms with Gasteiger partial charge in [-0.05, 0) is 71.4 Å². The van der Waals surface area contributed by atoms with Crippen LogP contribution in [0.1, 0.15) is 22.8 Å². The van der Waals surface area contributed by atoms with Crippen molar-refractivity contribution in [3.05, 3.63) is 86.7 Å². The van der Waals surface area contributed by atoms with Gasteiger partial charge in [-0.15, -0.1) is 11.3 Å². The normalized spacial score (nSPS) is 10.8. The number of aliphatic carboxylic acids is 1. The SMILES string of the molecule is CCOc1cc(/C=N\NC(=O)c2ccc(-c3csc(Nc4ccc(Cl)cc4)n3)cc2)c(Br)cc1OCC(=O)O. The fourth-order valence-electron chi connectivity index (χ4n) is 3.31. The molecule has 200 valence electrons. The van der Waals surface area contributed by atoms with E-state index in [1.54, 1.807) is 43.3 Å². The Kier molecular flexibility index (Phi) is 9.53. The zero-order valence-electron chi connectivity index (χ0n) is 20.5. The number of nitrogens with zero attached hydrogens (tertiary/aromatic N) is 2. The molecule has 0 atom stereocenters. The van der Waals surface area contributed by atoms with Crippen molar-refractivity contribution in [3.8, 4) is 22.8 Å². The van der Waals surface area contributed by atoms with Crippen LogP contribution in [-0.2, 0) is 4.79 Å². The first-order valence-electron chi connectivity index (χ1n) is 11.5. The summed E-state index contributed by atoms with van der Waals surface area (Å²) in [5.41, 5.74) is 6.07. The van der Waals surface area contributed by atoms with Crippen LogP contribution in [0.25, 0.3) is 11.3 Å². The molecular formula is C27H22BrClN4O5S. The smallest absolute Gasteiger partial charge is 0.341 e. The van der Waals surface area contributed by atoms with Crippen LogP contribution in [0, 0.1) is 0 Å². The number of nitrogens with one attached hydrogen (secondary N) is 2. The summed E-state index contributed by atoms with van der Waals surface area (Å²) in [5, 5.41) is 19.5. The number of hydrogen-bond acceptors (Lipinski definition) is 8. The number of carbonyl (C=O) groups excluding carboxylic acids is 1. The van der Waals surface area contributed by atoms with Gasteiger partial charge in [0.25, 0.3) is 5.91 Å². The summed E-state index contributed by atoms with van der Waals surface area (Å²) < 4.78 is 11.4. The monoisotopic (exact) mass is 628 g/mol. The van der Waals surface area contributed by atoms with E-state index in [1.807, 2.05) is 29.6 Å². The number of thiazole rings is 1. The van der Waals surface area contributed by atoms with Crippen molar-refractivity contribution in [1.29, 1.82) is 0 Å². The van der Waals surface area contributed by atoms with Gasteiger partial charge in [0.15, 0.2) is 23.2 Å². The van der Waals surface area contributed by atoms with Crippen molar-refractivity contribution in [2.24, 2.45) is 5.10 Å². The van der Waals surface area contributed by atoms with Gasteiger partial charge in [-0.25, -0.2) is 15.2 Å². The van der Waals surface area contributed by atoms with Crippen LogP contribution >= 0.6 is 38.9 Å². The predicted octanol–water partition coefficient (Wildman–Crippen LogP) is 6.60. The van der Waals surface area contributed by atoms with E-state index in [-0.39, 0.29) is 11.7 Å². The summed E-state index contributed by atoms with van der Waals surface area (Å²) in [6.07, 6.45) is 1.45. The lowest BCUT2D eigenvalue weighted by Crippen LogP contribution is -2.17. The fourth-order valence-corrected chi connectivity index (χ4v) is 4.60. The third-order valence-electron chi connectivity index (χ3n) is 5.13. The Morgan fingerprint density at radius 1 is 1.10 bits per heavy atom. The number of anilines is 2. The molecule has 0 saturated carbocycles. The van der Waals surface area contributed by atoms with E-state index in [0.717, 1.165) is 22.1 Å². The number of hydrogen-bond donors (Lipinski definition) is 3. The molecule has 0 unspecified atom stereocenters. The largest absolute Gasteiger partial charge is 0.490 e.